The summed E-state index contributed by atoms with van der Waals surface area (Å²) in [5.41, 5.74) is 2.75. The number of piperazine rings is 1. The van der Waals surface area contributed by atoms with Crippen molar-refractivity contribution in [1.29, 1.82) is 0 Å². The zero-order chi connectivity index (χ0) is 14.2. The largest absolute Gasteiger partial charge is 0.368 e. The minimum absolute atomic E-state index is 0.777. The highest BCUT2D eigenvalue weighted by atomic mass is 79.9. The van der Waals surface area contributed by atoms with E-state index < -0.39 is 0 Å². The van der Waals surface area contributed by atoms with Crippen LogP contribution in [0, 0.1) is 0 Å². The molecule has 0 unspecified atom stereocenters. The Balaban J connectivity index is 1.37. The Bertz CT molecular complexity index is 503. The average molecular weight is 350 g/mol. The lowest BCUT2D eigenvalue weighted by atomic mass is 10.1. The molecule has 0 amide bonds. The first-order valence-electron chi connectivity index (χ1n) is 8.30. The summed E-state index contributed by atoms with van der Waals surface area (Å²) >= 11 is 3.78. The fourth-order valence-corrected chi connectivity index (χ4v) is 3.91. The molecular formula is C17H24BrN3. The highest BCUT2D eigenvalue weighted by Gasteiger charge is 2.31. The van der Waals surface area contributed by atoms with E-state index in [2.05, 4.69) is 49.2 Å². The zero-order valence-electron chi connectivity index (χ0n) is 12.5. The first-order valence-corrected chi connectivity index (χ1v) is 9.10. The number of halogens is 1. The van der Waals surface area contributed by atoms with Crippen LogP contribution in [0.4, 0.5) is 5.69 Å². The molecule has 3 nitrogen and oxygen atoms in total. The number of benzene rings is 1. The molecule has 0 atom stereocenters. The zero-order valence-corrected chi connectivity index (χ0v) is 14.1. The summed E-state index contributed by atoms with van der Waals surface area (Å²) in [7, 11) is 0. The van der Waals surface area contributed by atoms with Crippen LogP contribution in [-0.4, -0.2) is 43.2 Å². The van der Waals surface area contributed by atoms with Gasteiger partial charge in [0.15, 0.2) is 0 Å². The van der Waals surface area contributed by atoms with Crippen molar-refractivity contribution < 1.29 is 0 Å². The summed E-state index contributed by atoms with van der Waals surface area (Å²) in [4.78, 5) is 5.19. The van der Waals surface area contributed by atoms with Crippen LogP contribution in [0.3, 0.4) is 0 Å². The molecule has 1 heterocycles. The molecule has 1 aromatic rings. The molecule has 0 radical (unpaired) electrons. The van der Waals surface area contributed by atoms with Gasteiger partial charge in [0.2, 0.25) is 0 Å². The van der Waals surface area contributed by atoms with E-state index in [1.807, 2.05) is 0 Å². The maximum absolute atomic E-state index is 3.78. The number of hydrogen-bond donors (Lipinski definition) is 1. The second kappa shape index (κ2) is 5.90. The first-order chi connectivity index (χ1) is 10.3. The van der Waals surface area contributed by atoms with Crippen LogP contribution in [0.15, 0.2) is 22.7 Å². The van der Waals surface area contributed by atoms with Crippen LogP contribution >= 0.6 is 15.9 Å². The Morgan fingerprint density at radius 2 is 1.81 bits per heavy atom. The Hall–Kier alpha value is -0.580. The van der Waals surface area contributed by atoms with Gasteiger partial charge in [-0.2, -0.15) is 0 Å². The van der Waals surface area contributed by atoms with E-state index in [9.17, 15) is 0 Å². The van der Waals surface area contributed by atoms with Crippen LogP contribution in [0.1, 0.15) is 31.2 Å². The van der Waals surface area contributed by atoms with Crippen LogP contribution < -0.4 is 10.2 Å². The smallest absolute Gasteiger partial charge is 0.0511 e. The quantitative estimate of drug-likeness (QED) is 0.881. The van der Waals surface area contributed by atoms with Crippen molar-refractivity contribution in [2.24, 2.45) is 0 Å². The predicted octanol–water partition coefficient (Wildman–Crippen LogP) is 2.99. The predicted molar refractivity (Wildman–Crippen MR) is 90.8 cm³/mol. The lowest BCUT2D eigenvalue weighted by molar-refractivity contribution is 0.248. The summed E-state index contributed by atoms with van der Waals surface area (Å²) in [5.74, 6) is 0. The number of nitrogens with one attached hydrogen (secondary N) is 1. The molecule has 1 saturated heterocycles. The minimum atomic E-state index is 0.777. The van der Waals surface area contributed by atoms with Crippen molar-refractivity contribution in [1.82, 2.24) is 10.2 Å². The maximum Gasteiger partial charge on any atom is 0.0511 e. The Labute approximate surface area is 135 Å². The van der Waals surface area contributed by atoms with Crippen LogP contribution in [0.25, 0.3) is 0 Å². The second-order valence-corrected chi connectivity index (χ2v) is 7.55. The van der Waals surface area contributed by atoms with Gasteiger partial charge >= 0.3 is 0 Å². The van der Waals surface area contributed by atoms with Crippen LogP contribution in [0.2, 0.25) is 0 Å². The Kier molecular flexibility index (Phi) is 3.94. The van der Waals surface area contributed by atoms with Gasteiger partial charge in [-0.25, -0.2) is 0 Å². The lowest BCUT2D eigenvalue weighted by Gasteiger charge is -2.36. The molecule has 114 valence electrons. The number of rotatable bonds is 5. The van der Waals surface area contributed by atoms with Crippen molar-refractivity contribution in [3.8, 4) is 0 Å². The van der Waals surface area contributed by atoms with Crippen molar-refractivity contribution in [2.45, 2.75) is 44.3 Å². The highest BCUT2D eigenvalue weighted by molar-refractivity contribution is 9.10. The van der Waals surface area contributed by atoms with Gasteiger partial charge in [-0.3, -0.25) is 4.90 Å². The summed E-state index contributed by atoms with van der Waals surface area (Å²) < 4.78 is 1.25. The number of nitrogens with zero attached hydrogens (tertiary/aromatic N) is 2. The standard InChI is InChI=1S/C17H24BrN3/c18-16-11-13(12-19-14-2-3-14)1-6-17(16)21-9-7-20(8-10-21)15-4-5-15/h1,6,11,14-15,19H,2-5,7-10,12H2. The molecular weight excluding hydrogens is 326 g/mol. The van der Waals surface area contributed by atoms with Crippen LogP contribution in [-0.2, 0) is 6.54 Å². The molecule has 1 N–H and O–H groups in total. The molecule has 3 aliphatic rings. The van der Waals surface area contributed by atoms with Gasteiger partial charge in [0.1, 0.15) is 0 Å². The summed E-state index contributed by atoms with van der Waals surface area (Å²) in [6, 6.07) is 8.55. The van der Waals surface area contributed by atoms with Crippen LogP contribution in [0.5, 0.6) is 0 Å². The van der Waals surface area contributed by atoms with Crippen molar-refractivity contribution in [3.63, 3.8) is 0 Å². The third-order valence-corrected chi connectivity index (χ3v) is 5.54. The van der Waals surface area contributed by atoms with Crippen molar-refractivity contribution in [2.75, 3.05) is 31.1 Å². The molecule has 1 aliphatic heterocycles. The highest BCUT2D eigenvalue weighted by Crippen LogP contribution is 2.31. The van der Waals surface area contributed by atoms with E-state index in [1.54, 1.807) is 0 Å². The number of hydrogen-bond acceptors (Lipinski definition) is 3. The molecule has 0 aromatic heterocycles. The number of anilines is 1. The van der Waals surface area contributed by atoms with E-state index in [1.165, 1.54) is 54.5 Å². The Morgan fingerprint density at radius 3 is 2.43 bits per heavy atom. The van der Waals surface area contributed by atoms with Gasteiger partial charge in [0.05, 0.1) is 5.69 Å². The third kappa shape index (κ3) is 3.43. The SMILES string of the molecule is Brc1cc(CNC2CC2)ccc1N1CCN(C2CC2)CC1. The molecule has 3 fully saturated rings. The topological polar surface area (TPSA) is 18.5 Å². The fraction of sp³-hybridized carbons (Fsp3) is 0.647. The van der Waals surface area contributed by atoms with Crippen molar-refractivity contribution >= 4 is 21.6 Å². The van der Waals surface area contributed by atoms with Gasteiger partial charge in [0.25, 0.3) is 0 Å². The molecule has 1 aromatic carbocycles. The van der Waals surface area contributed by atoms with Gasteiger partial charge in [-0.1, -0.05) is 6.07 Å². The lowest BCUT2D eigenvalue weighted by Crippen LogP contribution is -2.47. The summed E-state index contributed by atoms with van der Waals surface area (Å²) in [5, 5.41) is 3.58. The summed E-state index contributed by atoms with van der Waals surface area (Å²) in [6.45, 7) is 5.77. The molecule has 2 saturated carbocycles. The minimum Gasteiger partial charge on any atom is -0.368 e. The third-order valence-electron chi connectivity index (χ3n) is 4.90. The molecule has 4 rings (SSSR count). The second-order valence-electron chi connectivity index (χ2n) is 6.70. The van der Waals surface area contributed by atoms with Gasteiger partial charge in [-0.05, 0) is 59.3 Å². The molecule has 4 heteroatoms. The first kappa shape index (κ1) is 14.0. The van der Waals surface area contributed by atoms with E-state index in [-0.39, 0.29) is 0 Å². The monoisotopic (exact) mass is 349 g/mol. The molecule has 0 spiro atoms. The summed E-state index contributed by atoms with van der Waals surface area (Å²) in [6.07, 6.45) is 5.55. The average Bonchev–Trinajstić information content (AvgIpc) is 3.39. The van der Waals surface area contributed by atoms with Gasteiger partial charge in [0, 0.05) is 49.3 Å². The van der Waals surface area contributed by atoms with E-state index in [0.29, 0.717) is 0 Å². The maximum atomic E-state index is 3.78. The molecule has 2 aliphatic carbocycles. The van der Waals surface area contributed by atoms with Crippen molar-refractivity contribution in [3.05, 3.63) is 28.2 Å². The van der Waals surface area contributed by atoms with Gasteiger partial charge in [-0.15, -0.1) is 0 Å². The normalized spacial score (nSPS) is 23.6. The fourth-order valence-electron chi connectivity index (χ4n) is 3.23. The van der Waals surface area contributed by atoms with E-state index in [0.717, 1.165) is 31.7 Å². The Morgan fingerprint density at radius 1 is 1.05 bits per heavy atom. The van der Waals surface area contributed by atoms with E-state index in [4.69, 9.17) is 0 Å². The molecule has 0 bridgehead atoms. The van der Waals surface area contributed by atoms with E-state index >= 15 is 0 Å². The molecule has 21 heavy (non-hydrogen) atoms. The van der Waals surface area contributed by atoms with Gasteiger partial charge < -0.3 is 10.2 Å².